The number of rotatable bonds is 5. The number of hydrogen-bond acceptors (Lipinski definition) is 3. The normalized spacial score (nSPS) is 13.1. The molecule has 20 heavy (non-hydrogen) atoms. The largest absolute Gasteiger partial charge is 0.492 e. The molecule has 1 aliphatic heterocycles. The van der Waals surface area contributed by atoms with Crippen molar-refractivity contribution in [1.82, 2.24) is 10.3 Å². The van der Waals surface area contributed by atoms with E-state index in [0.29, 0.717) is 0 Å². The summed E-state index contributed by atoms with van der Waals surface area (Å²) < 4.78 is 5.78. The zero-order valence-corrected chi connectivity index (χ0v) is 11.9. The summed E-state index contributed by atoms with van der Waals surface area (Å²) in [6.07, 6.45) is 6.00. The van der Waals surface area contributed by atoms with Crippen LogP contribution in [-0.2, 0) is 13.0 Å². The number of para-hydroxylation sites is 1. The molecule has 1 aromatic heterocycles. The molecule has 0 aliphatic carbocycles. The van der Waals surface area contributed by atoms with E-state index in [1.807, 2.05) is 12.4 Å². The van der Waals surface area contributed by atoms with E-state index in [9.17, 15) is 0 Å². The Morgan fingerprint density at radius 2 is 2.25 bits per heavy atom. The lowest BCUT2D eigenvalue weighted by Crippen LogP contribution is -2.13. The molecule has 3 nitrogen and oxygen atoms in total. The predicted octanol–water partition coefficient (Wildman–Crippen LogP) is 3.18. The van der Waals surface area contributed by atoms with Crippen molar-refractivity contribution < 1.29 is 4.74 Å². The summed E-state index contributed by atoms with van der Waals surface area (Å²) in [6.45, 7) is 4.86. The summed E-state index contributed by atoms with van der Waals surface area (Å²) in [4.78, 5) is 4.37. The Kier molecular flexibility index (Phi) is 3.97. The average molecular weight is 268 g/mol. The van der Waals surface area contributed by atoms with Gasteiger partial charge in [-0.3, -0.25) is 4.98 Å². The summed E-state index contributed by atoms with van der Waals surface area (Å²) >= 11 is 0. The van der Waals surface area contributed by atoms with E-state index >= 15 is 0 Å². The number of fused-ring (bicyclic) bond motifs is 1. The van der Waals surface area contributed by atoms with Crippen LogP contribution in [-0.4, -0.2) is 18.1 Å². The number of benzene rings is 1. The molecule has 104 valence electrons. The highest BCUT2D eigenvalue weighted by Crippen LogP contribution is 2.36. The topological polar surface area (TPSA) is 34.2 Å². The molecule has 0 unspecified atom stereocenters. The van der Waals surface area contributed by atoms with Gasteiger partial charge < -0.3 is 10.1 Å². The van der Waals surface area contributed by atoms with Gasteiger partial charge >= 0.3 is 0 Å². The number of hydrogen-bond donors (Lipinski definition) is 1. The molecule has 0 amide bonds. The lowest BCUT2D eigenvalue weighted by molar-refractivity contribution is 0.358. The summed E-state index contributed by atoms with van der Waals surface area (Å²) in [5.41, 5.74) is 4.81. The SMILES string of the molecule is CCCNCc1cncc(-c2cccc3c2OCC3)c1. The molecule has 0 fully saturated rings. The summed E-state index contributed by atoms with van der Waals surface area (Å²) in [5, 5.41) is 3.41. The third-order valence-corrected chi connectivity index (χ3v) is 3.58. The van der Waals surface area contributed by atoms with Gasteiger partial charge in [-0.05, 0) is 30.2 Å². The fraction of sp³-hybridized carbons (Fsp3) is 0.353. The van der Waals surface area contributed by atoms with E-state index in [4.69, 9.17) is 4.74 Å². The monoisotopic (exact) mass is 268 g/mol. The Labute approximate surface area is 120 Å². The lowest BCUT2D eigenvalue weighted by Gasteiger charge is -2.09. The maximum Gasteiger partial charge on any atom is 0.130 e. The lowest BCUT2D eigenvalue weighted by atomic mass is 10.0. The quantitative estimate of drug-likeness (QED) is 0.846. The van der Waals surface area contributed by atoms with Crippen LogP contribution < -0.4 is 10.1 Å². The third kappa shape index (κ3) is 2.68. The molecule has 1 N–H and O–H groups in total. The molecule has 0 saturated heterocycles. The molecule has 3 heteroatoms. The third-order valence-electron chi connectivity index (χ3n) is 3.58. The number of aromatic nitrogens is 1. The van der Waals surface area contributed by atoms with Gasteiger partial charge in [-0.1, -0.05) is 25.1 Å². The van der Waals surface area contributed by atoms with Crippen LogP contribution in [0.15, 0.2) is 36.7 Å². The second-order valence-corrected chi connectivity index (χ2v) is 5.15. The van der Waals surface area contributed by atoms with Crippen molar-refractivity contribution in [2.75, 3.05) is 13.2 Å². The van der Waals surface area contributed by atoms with Gasteiger partial charge in [-0.2, -0.15) is 0 Å². The van der Waals surface area contributed by atoms with Gasteiger partial charge in [0.05, 0.1) is 6.61 Å². The smallest absolute Gasteiger partial charge is 0.130 e. The molecule has 1 aromatic carbocycles. The molecule has 0 atom stereocenters. The minimum Gasteiger partial charge on any atom is -0.492 e. The molecule has 0 radical (unpaired) electrons. The van der Waals surface area contributed by atoms with Gasteiger partial charge in [0, 0.05) is 36.5 Å². The van der Waals surface area contributed by atoms with Crippen LogP contribution in [0.3, 0.4) is 0 Å². The van der Waals surface area contributed by atoms with E-state index in [1.165, 1.54) is 11.1 Å². The zero-order chi connectivity index (χ0) is 13.8. The molecular weight excluding hydrogens is 248 g/mol. The first-order chi connectivity index (χ1) is 9.88. The second kappa shape index (κ2) is 6.06. The van der Waals surface area contributed by atoms with Crippen molar-refractivity contribution in [2.45, 2.75) is 26.3 Å². The van der Waals surface area contributed by atoms with Crippen LogP contribution in [0, 0.1) is 0 Å². The Morgan fingerprint density at radius 1 is 1.30 bits per heavy atom. The molecule has 0 spiro atoms. The number of nitrogens with one attached hydrogen (secondary N) is 1. The van der Waals surface area contributed by atoms with Crippen molar-refractivity contribution >= 4 is 0 Å². The van der Waals surface area contributed by atoms with E-state index in [2.05, 4.69) is 41.5 Å². The van der Waals surface area contributed by atoms with E-state index in [0.717, 1.165) is 49.4 Å². The first-order valence-electron chi connectivity index (χ1n) is 7.28. The fourth-order valence-electron chi connectivity index (χ4n) is 2.58. The first kappa shape index (κ1) is 13.1. The Balaban J connectivity index is 1.87. The van der Waals surface area contributed by atoms with Gasteiger partial charge in [0.1, 0.15) is 5.75 Å². The average Bonchev–Trinajstić information content (AvgIpc) is 2.96. The van der Waals surface area contributed by atoms with Crippen LogP contribution in [0.4, 0.5) is 0 Å². The molecule has 2 aromatic rings. The maximum absolute atomic E-state index is 5.78. The standard InChI is InChI=1S/C17H20N2O/c1-2-7-18-10-13-9-15(12-19-11-13)16-5-3-4-14-6-8-20-17(14)16/h3-5,9,11-12,18H,2,6-8,10H2,1H3. The van der Waals surface area contributed by atoms with Crippen LogP contribution in [0.25, 0.3) is 11.1 Å². The van der Waals surface area contributed by atoms with Gasteiger partial charge in [0.2, 0.25) is 0 Å². The number of nitrogens with zero attached hydrogens (tertiary/aromatic N) is 1. The Morgan fingerprint density at radius 3 is 3.15 bits per heavy atom. The van der Waals surface area contributed by atoms with Crippen molar-refractivity contribution in [2.24, 2.45) is 0 Å². The molecule has 2 heterocycles. The van der Waals surface area contributed by atoms with Crippen LogP contribution in [0.1, 0.15) is 24.5 Å². The van der Waals surface area contributed by atoms with E-state index < -0.39 is 0 Å². The minimum atomic E-state index is 0.789. The molecule has 0 saturated carbocycles. The second-order valence-electron chi connectivity index (χ2n) is 5.15. The van der Waals surface area contributed by atoms with Crippen LogP contribution in [0.5, 0.6) is 5.75 Å². The zero-order valence-electron chi connectivity index (χ0n) is 11.9. The maximum atomic E-state index is 5.78. The summed E-state index contributed by atoms with van der Waals surface area (Å²) in [5.74, 6) is 1.04. The van der Waals surface area contributed by atoms with Crippen LogP contribution >= 0.6 is 0 Å². The summed E-state index contributed by atoms with van der Waals surface area (Å²) in [7, 11) is 0. The predicted molar refractivity (Wildman–Crippen MR) is 80.9 cm³/mol. The first-order valence-corrected chi connectivity index (χ1v) is 7.28. The molecule has 3 rings (SSSR count). The Bertz CT molecular complexity index is 595. The van der Waals surface area contributed by atoms with E-state index in [-0.39, 0.29) is 0 Å². The van der Waals surface area contributed by atoms with Crippen molar-refractivity contribution in [1.29, 1.82) is 0 Å². The highest BCUT2D eigenvalue weighted by Gasteiger charge is 2.17. The molecule has 0 bridgehead atoms. The highest BCUT2D eigenvalue weighted by molar-refractivity contribution is 5.72. The van der Waals surface area contributed by atoms with Crippen molar-refractivity contribution in [3.63, 3.8) is 0 Å². The molecule has 1 aliphatic rings. The molecular formula is C17H20N2O. The van der Waals surface area contributed by atoms with Gasteiger partial charge in [0.25, 0.3) is 0 Å². The summed E-state index contributed by atoms with van der Waals surface area (Å²) in [6, 6.07) is 8.56. The van der Waals surface area contributed by atoms with Gasteiger partial charge in [-0.15, -0.1) is 0 Å². The van der Waals surface area contributed by atoms with Gasteiger partial charge in [-0.25, -0.2) is 0 Å². The van der Waals surface area contributed by atoms with Crippen molar-refractivity contribution in [3.8, 4) is 16.9 Å². The number of pyridine rings is 1. The highest BCUT2D eigenvalue weighted by atomic mass is 16.5. The van der Waals surface area contributed by atoms with Crippen molar-refractivity contribution in [3.05, 3.63) is 47.8 Å². The minimum absolute atomic E-state index is 0.789. The van der Waals surface area contributed by atoms with Gasteiger partial charge in [0.15, 0.2) is 0 Å². The van der Waals surface area contributed by atoms with Crippen LogP contribution in [0.2, 0.25) is 0 Å². The Hall–Kier alpha value is -1.87. The fourth-order valence-corrected chi connectivity index (χ4v) is 2.58. The van der Waals surface area contributed by atoms with E-state index in [1.54, 1.807) is 0 Å². The number of ether oxygens (including phenoxy) is 1.